The lowest BCUT2D eigenvalue weighted by molar-refractivity contribution is -0.135. The average Bonchev–Trinajstić information content (AvgIpc) is 3.04. The topological polar surface area (TPSA) is 105 Å². The predicted molar refractivity (Wildman–Crippen MR) is 119 cm³/mol. The third-order valence-electron chi connectivity index (χ3n) is 5.52. The Labute approximate surface area is 188 Å². The van der Waals surface area contributed by atoms with Crippen LogP contribution >= 0.6 is 0 Å². The molecule has 2 heterocycles. The lowest BCUT2D eigenvalue weighted by atomic mass is 10.0. The molecule has 0 spiro atoms. The minimum Gasteiger partial charge on any atom is -0.497 e. The van der Waals surface area contributed by atoms with Gasteiger partial charge in [-0.1, -0.05) is 12.1 Å². The van der Waals surface area contributed by atoms with Crippen LogP contribution in [0.5, 0.6) is 5.75 Å². The van der Waals surface area contributed by atoms with Gasteiger partial charge in [-0.05, 0) is 55.3 Å². The van der Waals surface area contributed by atoms with Crippen LogP contribution in [0.4, 0.5) is 0 Å². The van der Waals surface area contributed by atoms with Gasteiger partial charge in [0.1, 0.15) is 17.6 Å². The molecule has 0 saturated carbocycles. The number of carbonyl (C=O) groups is 2. The molecule has 1 unspecified atom stereocenters. The number of aryl methyl sites for hydroxylation is 1. The highest BCUT2D eigenvalue weighted by Gasteiger charge is 2.30. The standard InChI is InChI=1S/C22H33N7O3/c1-16(2)23-21(30)15-27-9-6-10-28(12-11-27)22(31)20(29-17(3)24-25-26-29)14-18-7-5-8-19(13-18)32-4/h5,7-8,13,16,20H,6,9-12,14-15H2,1-4H3,(H,23,30). The molecule has 0 bridgehead atoms. The van der Waals surface area contributed by atoms with Crippen molar-refractivity contribution in [3.8, 4) is 5.75 Å². The van der Waals surface area contributed by atoms with Gasteiger partial charge in [-0.3, -0.25) is 14.5 Å². The van der Waals surface area contributed by atoms with E-state index in [1.165, 1.54) is 0 Å². The summed E-state index contributed by atoms with van der Waals surface area (Å²) >= 11 is 0. The Morgan fingerprint density at radius 1 is 1.19 bits per heavy atom. The van der Waals surface area contributed by atoms with Crippen molar-refractivity contribution >= 4 is 11.8 Å². The minimum absolute atomic E-state index is 0.0139. The summed E-state index contributed by atoms with van der Waals surface area (Å²) in [5.74, 6) is 1.33. The van der Waals surface area contributed by atoms with Gasteiger partial charge in [-0.2, -0.15) is 0 Å². The summed E-state index contributed by atoms with van der Waals surface area (Å²) in [6, 6.07) is 7.25. The molecule has 2 aromatic rings. The van der Waals surface area contributed by atoms with E-state index in [0.29, 0.717) is 38.4 Å². The number of hydrogen-bond donors (Lipinski definition) is 1. The highest BCUT2D eigenvalue weighted by molar-refractivity contribution is 5.81. The van der Waals surface area contributed by atoms with Gasteiger partial charge in [0.2, 0.25) is 11.8 Å². The molecule has 10 heteroatoms. The lowest BCUT2D eigenvalue weighted by Gasteiger charge is -2.27. The second kappa shape index (κ2) is 11.0. The molecule has 2 amide bonds. The first kappa shape index (κ1) is 23.6. The average molecular weight is 444 g/mol. The molecule has 1 saturated heterocycles. The van der Waals surface area contributed by atoms with Gasteiger partial charge in [0.05, 0.1) is 13.7 Å². The maximum absolute atomic E-state index is 13.6. The number of methoxy groups -OCH3 is 1. The van der Waals surface area contributed by atoms with Gasteiger partial charge in [-0.15, -0.1) is 5.10 Å². The van der Waals surface area contributed by atoms with Crippen LogP contribution in [0.1, 0.15) is 37.7 Å². The molecular formula is C22H33N7O3. The zero-order chi connectivity index (χ0) is 23.1. The van der Waals surface area contributed by atoms with Crippen LogP contribution in [0, 0.1) is 6.92 Å². The summed E-state index contributed by atoms with van der Waals surface area (Å²) in [6.07, 6.45) is 1.26. The van der Waals surface area contributed by atoms with E-state index in [1.54, 1.807) is 18.7 Å². The normalized spacial score (nSPS) is 16.0. The summed E-state index contributed by atoms with van der Waals surface area (Å²) in [7, 11) is 1.62. The molecule has 1 aromatic heterocycles. The largest absolute Gasteiger partial charge is 0.497 e. The number of ether oxygens (including phenoxy) is 1. The first-order valence-electron chi connectivity index (χ1n) is 11.0. The number of rotatable bonds is 8. The van der Waals surface area contributed by atoms with Crippen molar-refractivity contribution in [3.05, 3.63) is 35.7 Å². The molecule has 1 N–H and O–H groups in total. The van der Waals surface area contributed by atoms with Crippen LogP contribution < -0.4 is 10.1 Å². The van der Waals surface area contributed by atoms with E-state index in [4.69, 9.17) is 4.74 Å². The Balaban J connectivity index is 1.72. The van der Waals surface area contributed by atoms with Crippen LogP contribution in [0.3, 0.4) is 0 Å². The van der Waals surface area contributed by atoms with Crippen molar-refractivity contribution in [2.45, 2.75) is 45.7 Å². The zero-order valence-electron chi connectivity index (χ0n) is 19.3. The van der Waals surface area contributed by atoms with E-state index in [1.807, 2.05) is 43.0 Å². The number of hydrogen-bond acceptors (Lipinski definition) is 7. The number of benzene rings is 1. The number of nitrogens with zero attached hydrogens (tertiary/aromatic N) is 6. The number of tetrazole rings is 1. The van der Waals surface area contributed by atoms with Crippen LogP contribution in [0.15, 0.2) is 24.3 Å². The van der Waals surface area contributed by atoms with E-state index < -0.39 is 6.04 Å². The molecule has 174 valence electrons. The highest BCUT2D eigenvalue weighted by Crippen LogP contribution is 2.21. The number of nitrogens with one attached hydrogen (secondary N) is 1. The maximum atomic E-state index is 13.6. The third kappa shape index (κ3) is 6.25. The van der Waals surface area contributed by atoms with E-state index in [9.17, 15) is 9.59 Å². The minimum atomic E-state index is -0.548. The fraction of sp³-hybridized carbons (Fsp3) is 0.591. The smallest absolute Gasteiger partial charge is 0.247 e. The van der Waals surface area contributed by atoms with E-state index in [-0.39, 0.29) is 17.9 Å². The number of carbonyl (C=O) groups excluding carboxylic acids is 2. The maximum Gasteiger partial charge on any atom is 0.247 e. The quantitative estimate of drug-likeness (QED) is 0.644. The number of aromatic nitrogens is 4. The summed E-state index contributed by atoms with van der Waals surface area (Å²) < 4.78 is 6.93. The lowest BCUT2D eigenvalue weighted by Crippen LogP contribution is -2.43. The van der Waals surface area contributed by atoms with Crippen molar-refractivity contribution in [2.75, 3.05) is 39.8 Å². The van der Waals surface area contributed by atoms with Crippen LogP contribution in [0.25, 0.3) is 0 Å². The first-order chi connectivity index (χ1) is 15.4. The zero-order valence-corrected chi connectivity index (χ0v) is 19.3. The van der Waals surface area contributed by atoms with Gasteiger partial charge in [-0.25, -0.2) is 4.68 Å². The van der Waals surface area contributed by atoms with Gasteiger partial charge in [0, 0.05) is 38.6 Å². The molecular weight excluding hydrogens is 410 g/mol. The Morgan fingerprint density at radius 2 is 2.00 bits per heavy atom. The third-order valence-corrected chi connectivity index (χ3v) is 5.52. The van der Waals surface area contributed by atoms with Crippen LogP contribution in [0.2, 0.25) is 0 Å². The van der Waals surface area contributed by atoms with Crippen molar-refractivity contribution in [1.82, 2.24) is 35.3 Å². The molecule has 1 aliphatic heterocycles. The Kier molecular flexibility index (Phi) is 8.15. The molecule has 3 rings (SSSR count). The molecule has 1 aromatic carbocycles. The van der Waals surface area contributed by atoms with Gasteiger partial charge < -0.3 is 15.0 Å². The molecule has 1 fully saturated rings. The van der Waals surface area contributed by atoms with Crippen molar-refractivity contribution in [3.63, 3.8) is 0 Å². The van der Waals surface area contributed by atoms with E-state index >= 15 is 0 Å². The fourth-order valence-electron chi connectivity index (χ4n) is 3.96. The van der Waals surface area contributed by atoms with Gasteiger partial charge in [0.25, 0.3) is 0 Å². The fourth-order valence-corrected chi connectivity index (χ4v) is 3.96. The second-order valence-electron chi connectivity index (χ2n) is 8.42. The Bertz CT molecular complexity index is 914. The molecule has 0 radical (unpaired) electrons. The second-order valence-corrected chi connectivity index (χ2v) is 8.42. The van der Waals surface area contributed by atoms with E-state index in [2.05, 4.69) is 25.7 Å². The molecule has 0 aliphatic carbocycles. The highest BCUT2D eigenvalue weighted by atomic mass is 16.5. The van der Waals surface area contributed by atoms with E-state index in [0.717, 1.165) is 24.3 Å². The van der Waals surface area contributed by atoms with Gasteiger partial charge in [0.15, 0.2) is 0 Å². The summed E-state index contributed by atoms with van der Waals surface area (Å²) in [6.45, 7) is 8.66. The van der Waals surface area contributed by atoms with Crippen LogP contribution in [-0.2, 0) is 16.0 Å². The monoisotopic (exact) mass is 443 g/mol. The summed E-state index contributed by atoms with van der Waals surface area (Å²) in [5, 5.41) is 14.7. The van der Waals surface area contributed by atoms with Gasteiger partial charge >= 0.3 is 0 Å². The van der Waals surface area contributed by atoms with Crippen molar-refractivity contribution in [1.29, 1.82) is 0 Å². The first-order valence-corrected chi connectivity index (χ1v) is 11.0. The van der Waals surface area contributed by atoms with Crippen molar-refractivity contribution in [2.24, 2.45) is 0 Å². The SMILES string of the molecule is COc1cccc(CC(C(=O)N2CCCN(CC(=O)NC(C)C)CC2)n2nnnc2C)c1. The summed E-state index contributed by atoms with van der Waals surface area (Å²) in [4.78, 5) is 29.7. The summed E-state index contributed by atoms with van der Waals surface area (Å²) in [5.41, 5.74) is 0.972. The van der Waals surface area contributed by atoms with Crippen LogP contribution in [-0.4, -0.2) is 87.7 Å². The molecule has 32 heavy (non-hydrogen) atoms. The molecule has 1 atom stereocenters. The Morgan fingerprint density at radius 3 is 2.69 bits per heavy atom. The predicted octanol–water partition coefficient (Wildman–Crippen LogP) is 0.833. The van der Waals surface area contributed by atoms with Crippen molar-refractivity contribution < 1.29 is 14.3 Å². The Hall–Kier alpha value is -3.01. The number of amides is 2. The molecule has 10 nitrogen and oxygen atoms in total. The molecule has 1 aliphatic rings.